The highest BCUT2D eigenvalue weighted by atomic mass is 16.2. The molecule has 0 radical (unpaired) electrons. The SMILES string of the molecule is O=C1NCCc2c3n(c4ccccc24)C(=O)CCC13. The lowest BCUT2D eigenvalue weighted by Gasteiger charge is -2.22. The first kappa shape index (κ1) is 10.8. The van der Waals surface area contributed by atoms with E-state index < -0.39 is 0 Å². The molecule has 4 nitrogen and oxygen atoms in total. The Labute approximate surface area is 110 Å². The van der Waals surface area contributed by atoms with E-state index in [1.54, 1.807) is 4.57 Å². The van der Waals surface area contributed by atoms with Crippen LogP contribution in [0.4, 0.5) is 0 Å². The molecule has 4 rings (SSSR count). The molecule has 1 unspecified atom stereocenters. The maximum atomic E-state index is 12.2. The summed E-state index contributed by atoms with van der Waals surface area (Å²) in [5, 5.41) is 4.08. The minimum atomic E-state index is -0.164. The van der Waals surface area contributed by atoms with Crippen molar-refractivity contribution >= 4 is 22.7 Å². The fourth-order valence-corrected chi connectivity index (χ4v) is 3.43. The number of carbonyl (C=O) groups excluding carboxylic acids is 2. The van der Waals surface area contributed by atoms with Crippen LogP contribution in [0.2, 0.25) is 0 Å². The van der Waals surface area contributed by atoms with Crippen molar-refractivity contribution in [3.05, 3.63) is 35.5 Å². The molecule has 0 saturated heterocycles. The topological polar surface area (TPSA) is 51.1 Å². The van der Waals surface area contributed by atoms with E-state index >= 15 is 0 Å². The van der Waals surface area contributed by atoms with Crippen molar-refractivity contribution in [1.82, 2.24) is 9.88 Å². The molecule has 19 heavy (non-hydrogen) atoms. The average Bonchev–Trinajstić information content (AvgIpc) is 2.65. The van der Waals surface area contributed by atoms with Gasteiger partial charge < -0.3 is 5.32 Å². The number of carbonyl (C=O) groups is 2. The second-order valence-corrected chi connectivity index (χ2v) is 5.24. The third-order valence-electron chi connectivity index (χ3n) is 4.24. The minimum absolute atomic E-state index is 0.0651. The van der Waals surface area contributed by atoms with Gasteiger partial charge in [-0.15, -0.1) is 0 Å². The van der Waals surface area contributed by atoms with Gasteiger partial charge in [-0.3, -0.25) is 14.2 Å². The highest BCUT2D eigenvalue weighted by Crippen LogP contribution is 2.38. The van der Waals surface area contributed by atoms with Crippen LogP contribution >= 0.6 is 0 Å². The van der Waals surface area contributed by atoms with Crippen molar-refractivity contribution in [2.24, 2.45) is 0 Å². The molecule has 2 aliphatic heterocycles. The number of nitrogens with zero attached hydrogens (tertiary/aromatic N) is 1. The van der Waals surface area contributed by atoms with Crippen molar-refractivity contribution in [3.8, 4) is 0 Å². The van der Waals surface area contributed by atoms with Crippen LogP contribution in [0.3, 0.4) is 0 Å². The molecular formula is C15H14N2O2. The monoisotopic (exact) mass is 254 g/mol. The zero-order valence-electron chi connectivity index (χ0n) is 10.5. The van der Waals surface area contributed by atoms with Gasteiger partial charge in [0.05, 0.1) is 11.4 Å². The maximum absolute atomic E-state index is 12.2. The summed E-state index contributed by atoms with van der Waals surface area (Å²) < 4.78 is 1.78. The van der Waals surface area contributed by atoms with Gasteiger partial charge in [-0.2, -0.15) is 0 Å². The van der Waals surface area contributed by atoms with Crippen molar-refractivity contribution in [2.45, 2.75) is 25.2 Å². The number of hydrogen-bond donors (Lipinski definition) is 1. The smallest absolute Gasteiger partial charge is 0.231 e. The second kappa shape index (κ2) is 3.70. The zero-order valence-corrected chi connectivity index (χ0v) is 10.5. The molecule has 0 saturated carbocycles. The average molecular weight is 254 g/mol. The lowest BCUT2D eigenvalue weighted by Crippen LogP contribution is -2.33. The van der Waals surface area contributed by atoms with Crippen LogP contribution in [0, 0.1) is 0 Å². The van der Waals surface area contributed by atoms with E-state index in [0.29, 0.717) is 19.4 Å². The third-order valence-corrected chi connectivity index (χ3v) is 4.24. The van der Waals surface area contributed by atoms with E-state index in [4.69, 9.17) is 0 Å². The highest BCUT2D eigenvalue weighted by molar-refractivity contribution is 6.00. The summed E-state index contributed by atoms with van der Waals surface area (Å²) in [5.41, 5.74) is 3.07. The number of amides is 1. The first-order chi connectivity index (χ1) is 9.27. The first-order valence-corrected chi connectivity index (χ1v) is 6.70. The molecule has 2 aliphatic rings. The molecular weight excluding hydrogens is 240 g/mol. The van der Waals surface area contributed by atoms with E-state index in [1.165, 1.54) is 5.56 Å². The summed E-state index contributed by atoms with van der Waals surface area (Å²) in [6.45, 7) is 0.657. The Morgan fingerprint density at radius 1 is 1.16 bits per heavy atom. The van der Waals surface area contributed by atoms with Crippen molar-refractivity contribution in [1.29, 1.82) is 0 Å². The van der Waals surface area contributed by atoms with Gasteiger partial charge in [0.25, 0.3) is 0 Å². The molecule has 0 fully saturated rings. The largest absolute Gasteiger partial charge is 0.355 e. The number of rotatable bonds is 0. The van der Waals surface area contributed by atoms with Crippen LogP contribution in [0.1, 0.15) is 34.8 Å². The molecule has 1 aromatic carbocycles. The zero-order chi connectivity index (χ0) is 13.0. The number of hydrogen-bond acceptors (Lipinski definition) is 2. The summed E-state index contributed by atoms with van der Waals surface area (Å²) in [4.78, 5) is 24.4. The maximum Gasteiger partial charge on any atom is 0.231 e. The Kier molecular flexibility index (Phi) is 2.10. The van der Waals surface area contributed by atoms with Gasteiger partial charge in [0, 0.05) is 24.0 Å². The van der Waals surface area contributed by atoms with Crippen LogP contribution < -0.4 is 5.32 Å². The van der Waals surface area contributed by atoms with Crippen LogP contribution in [0.5, 0.6) is 0 Å². The summed E-state index contributed by atoms with van der Waals surface area (Å²) in [7, 11) is 0. The summed E-state index contributed by atoms with van der Waals surface area (Å²) in [6.07, 6.45) is 1.88. The normalized spacial score (nSPS) is 22.0. The molecule has 96 valence electrons. The molecule has 1 atom stereocenters. The molecule has 0 bridgehead atoms. The fraction of sp³-hybridized carbons (Fsp3) is 0.333. The van der Waals surface area contributed by atoms with E-state index in [1.807, 2.05) is 18.2 Å². The van der Waals surface area contributed by atoms with Gasteiger partial charge in [-0.1, -0.05) is 18.2 Å². The first-order valence-electron chi connectivity index (χ1n) is 6.70. The quantitative estimate of drug-likeness (QED) is 0.779. The predicted molar refractivity (Wildman–Crippen MR) is 71.3 cm³/mol. The van der Waals surface area contributed by atoms with Gasteiger partial charge in [0.2, 0.25) is 11.8 Å². The standard InChI is InChI=1S/C15H14N2O2/c18-13-6-5-11-14-10(7-8-16-15(11)19)9-3-1-2-4-12(9)17(13)14/h1-4,11H,5-8H2,(H,16,19). The van der Waals surface area contributed by atoms with Gasteiger partial charge in [0.15, 0.2) is 0 Å². The third kappa shape index (κ3) is 1.34. The second-order valence-electron chi connectivity index (χ2n) is 5.24. The number of fused-ring (bicyclic) bond motifs is 3. The Balaban J connectivity index is 2.13. The summed E-state index contributed by atoms with van der Waals surface area (Å²) in [5.74, 6) is 0.0151. The van der Waals surface area contributed by atoms with Crippen LogP contribution in [-0.2, 0) is 11.2 Å². The van der Waals surface area contributed by atoms with Crippen molar-refractivity contribution in [3.63, 3.8) is 0 Å². The van der Waals surface area contributed by atoms with E-state index in [9.17, 15) is 9.59 Å². The van der Waals surface area contributed by atoms with Gasteiger partial charge in [-0.05, 0) is 24.5 Å². The Morgan fingerprint density at radius 2 is 2.00 bits per heavy atom. The minimum Gasteiger partial charge on any atom is -0.355 e. The lowest BCUT2D eigenvalue weighted by atomic mass is 9.92. The Hall–Kier alpha value is -2.10. The van der Waals surface area contributed by atoms with E-state index in [0.717, 1.165) is 23.0 Å². The van der Waals surface area contributed by atoms with E-state index in [2.05, 4.69) is 11.4 Å². The van der Waals surface area contributed by atoms with E-state index in [-0.39, 0.29) is 17.7 Å². The molecule has 1 amide bonds. The molecule has 0 aliphatic carbocycles. The molecule has 2 aromatic rings. The molecule has 1 aromatic heterocycles. The van der Waals surface area contributed by atoms with Gasteiger partial charge >= 0.3 is 0 Å². The molecule has 4 heteroatoms. The fourth-order valence-electron chi connectivity index (χ4n) is 3.43. The van der Waals surface area contributed by atoms with Crippen LogP contribution in [0.15, 0.2) is 24.3 Å². The highest BCUT2D eigenvalue weighted by Gasteiger charge is 2.36. The Morgan fingerprint density at radius 3 is 2.89 bits per heavy atom. The Bertz CT molecular complexity index is 714. The summed E-state index contributed by atoms with van der Waals surface area (Å²) in [6, 6.07) is 7.96. The van der Waals surface area contributed by atoms with Gasteiger partial charge in [0.1, 0.15) is 0 Å². The lowest BCUT2D eigenvalue weighted by molar-refractivity contribution is -0.122. The number of benzene rings is 1. The van der Waals surface area contributed by atoms with Crippen molar-refractivity contribution < 1.29 is 9.59 Å². The van der Waals surface area contributed by atoms with Crippen molar-refractivity contribution in [2.75, 3.05) is 6.54 Å². The predicted octanol–water partition coefficient (Wildman–Crippen LogP) is 1.83. The molecule has 0 spiro atoms. The van der Waals surface area contributed by atoms with Gasteiger partial charge in [-0.25, -0.2) is 0 Å². The summed E-state index contributed by atoms with van der Waals surface area (Å²) >= 11 is 0. The number of nitrogens with one attached hydrogen (secondary N) is 1. The number of para-hydroxylation sites is 1. The van der Waals surface area contributed by atoms with Crippen LogP contribution in [-0.4, -0.2) is 22.9 Å². The molecule has 3 heterocycles. The number of aromatic nitrogens is 1. The van der Waals surface area contributed by atoms with Crippen LogP contribution in [0.25, 0.3) is 10.9 Å². The molecule has 1 N–H and O–H groups in total.